The van der Waals surface area contributed by atoms with E-state index >= 15 is 0 Å². The van der Waals surface area contributed by atoms with E-state index in [1.165, 1.54) is 0 Å². The highest BCUT2D eigenvalue weighted by atomic mass is 16.3. The Morgan fingerprint density at radius 1 is 1.75 bits per heavy atom. The Kier molecular flexibility index (Phi) is 3.25. The second-order valence-electron chi connectivity index (χ2n) is 2.74. The highest BCUT2D eigenvalue weighted by Crippen LogP contribution is 2.09. The number of aromatic nitrogens is 2. The van der Waals surface area contributed by atoms with Gasteiger partial charge in [-0.3, -0.25) is 4.68 Å². The number of nitrogens with zero attached hydrogens (tertiary/aromatic N) is 2. The van der Waals surface area contributed by atoms with Gasteiger partial charge in [-0.2, -0.15) is 5.10 Å². The summed E-state index contributed by atoms with van der Waals surface area (Å²) in [6.45, 7) is 2.97. The van der Waals surface area contributed by atoms with Gasteiger partial charge < -0.3 is 10.4 Å². The van der Waals surface area contributed by atoms with Crippen molar-refractivity contribution >= 4 is 0 Å². The highest BCUT2D eigenvalue weighted by molar-refractivity contribution is 5.09. The van der Waals surface area contributed by atoms with Gasteiger partial charge in [-0.1, -0.05) is 6.92 Å². The van der Waals surface area contributed by atoms with E-state index in [1.54, 1.807) is 10.9 Å². The third kappa shape index (κ3) is 2.06. The van der Waals surface area contributed by atoms with Crippen LogP contribution in [0.2, 0.25) is 0 Å². The molecule has 0 saturated carbocycles. The van der Waals surface area contributed by atoms with Crippen molar-refractivity contribution < 1.29 is 5.11 Å². The minimum absolute atomic E-state index is 0.0173. The second kappa shape index (κ2) is 4.23. The molecule has 0 fully saturated rings. The molecule has 0 radical (unpaired) electrons. The van der Waals surface area contributed by atoms with Gasteiger partial charge in [0, 0.05) is 18.8 Å². The molecule has 1 aromatic heterocycles. The van der Waals surface area contributed by atoms with Crippen molar-refractivity contribution in [2.24, 2.45) is 7.05 Å². The monoisotopic (exact) mass is 169 g/mol. The van der Waals surface area contributed by atoms with Crippen molar-refractivity contribution in [3.05, 3.63) is 18.0 Å². The van der Waals surface area contributed by atoms with Gasteiger partial charge in [0.15, 0.2) is 0 Å². The quantitative estimate of drug-likeness (QED) is 0.670. The van der Waals surface area contributed by atoms with Crippen LogP contribution in [0.5, 0.6) is 0 Å². The molecule has 0 amide bonds. The molecule has 4 heteroatoms. The summed E-state index contributed by atoms with van der Waals surface area (Å²) in [6.07, 6.45) is 3.67. The maximum atomic E-state index is 9.02. The molecule has 0 aliphatic carbocycles. The summed E-state index contributed by atoms with van der Waals surface area (Å²) < 4.78 is 1.73. The second-order valence-corrected chi connectivity index (χ2v) is 2.74. The number of aryl methyl sites for hydroxylation is 1. The number of aliphatic hydroxyl groups is 1. The lowest BCUT2D eigenvalue weighted by Gasteiger charge is -2.11. The molecule has 1 rings (SSSR count). The summed E-state index contributed by atoms with van der Waals surface area (Å²) in [5, 5.41) is 16.2. The molecule has 68 valence electrons. The van der Waals surface area contributed by atoms with E-state index in [2.05, 4.69) is 10.4 Å². The van der Waals surface area contributed by atoms with Crippen LogP contribution in [0.15, 0.2) is 12.4 Å². The average molecular weight is 169 g/mol. The Labute approximate surface area is 72.2 Å². The zero-order valence-electron chi connectivity index (χ0n) is 7.49. The first kappa shape index (κ1) is 9.22. The van der Waals surface area contributed by atoms with Gasteiger partial charge in [0.25, 0.3) is 0 Å². The molecule has 1 aromatic rings. The van der Waals surface area contributed by atoms with Gasteiger partial charge >= 0.3 is 0 Å². The van der Waals surface area contributed by atoms with E-state index in [4.69, 9.17) is 5.11 Å². The van der Waals surface area contributed by atoms with Crippen LogP contribution >= 0.6 is 0 Å². The van der Waals surface area contributed by atoms with Crippen LogP contribution in [0.25, 0.3) is 0 Å². The Balaban J connectivity index is 2.66. The molecule has 12 heavy (non-hydrogen) atoms. The predicted octanol–water partition coefficient (Wildman–Crippen LogP) is 0.0630. The molecule has 1 heterocycles. The van der Waals surface area contributed by atoms with Gasteiger partial charge in [0.1, 0.15) is 0 Å². The molecule has 4 nitrogen and oxygen atoms in total. The largest absolute Gasteiger partial charge is 0.394 e. The van der Waals surface area contributed by atoms with Crippen molar-refractivity contribution in [2.45, 2.75) is 13.0 Å². The maximum Gasteiger partial charge on any atom is 0.0627 e. The third-order valence-corrected chi connectivity index (χ3v) is 1.76. The molecule has 0 saturated heterocycles. The molecule has 0 spiro atoms. The van der Waals surface area contributed by atoms with E-state index in [0.717, 1.165) is 12.1 Å². The first-order valence-electron chi connectivity index (χ1n) is 4.10. The third-order valence-electron chi connectivity index (χ3n) is 1.76. The molecule has 0 aromatic carbocycles. The van der Waals surface area contributed by atoms with Crippen molar-refractivity contribution in [3.63, 3.8) is 0 Å². The maximum absolute atomic E-state index is 9.02. The number of nitrogens with one attached hydrogen (secondary N) is 1. The van der Waals surface area contributed by atoms with E-state index < -0.39 is 0 Å². The summed E-state index contributed by atoms with van der Waals surface area (Å²) in [7, 11) is 1.86. The van der Waals surface area contributed by atoms with Crippen molar-refractivity contribution in [1.82, 2.24) is 15.1 Å². The number of likely N-dealkylation sites (N-methyl/N-ethyl adjacent to an activating group) is 1. The first-order chi connectivity index (χ1) is 5.77. The van der Waals surface area contributed by atoms with Gasteiger partial charge in [-0.25, -0.2) is 0 Å². The molecular weight excluding hydrogens is 154 g/mol. The molecular formula is C8H15N3O. The Morgan fingerprint density at radius 3 is 2.92 bits per heavy atom. The molecule has 1 atom stereocenters. The zero-order valence-corrected chi connectivity index (χ0v) is 7.49. The van der Waals surface area contributed by atoms with Crippen LogP contribution in [-0.2, 0) is 7.05 Å². The lowest BCUT2D eigenvalue weighted by atomic mass is 10.2. The van der Waals surface area contributed by atoms with E-state index in [0.29, 0.717) is 0 Å². The van der Waals surface area contributed by atoms with E-state index in [-0.39, 0.29) is 12.6 Å². The van der Waals surface area contributed by atoms with Crippen LogP contribution in [-0.4, -0.2) is 28.0 Å². The van der Waals surface area contributed by atoms with Crippen LogP contribution in [0, 0.1) is 0 Å². The first-order valence-corrected chi connectivity index (χ1v) is 4.10. The molecule has 0 aliphatic heterocycles. The fourth-order valence-corrected chi connectivity index (χ4v) is 1.15. The Morgan fingerprint density at radius 2 is 2.50 bits per heavy atom. The van der Waals surface area contributed by atoms with Crippen LogP contribution in [0.4, 0.5) is 0 Å². The van der Waals surface area contributed by atoms with Gasteiger partial charge in [0.05, 0.1) is 18.8 Å². The van der Waals surface area contributed by atoms with E-state index in [9.17, 15) is 0 Å². The SMILES string of the molecule is CCN[C@@H](CO)c1cnn(C)c1. The minimum Gasteiger partial charge on any atom is -0.394 e. The topological polar surface area (TPSA) is 50.1 Å². The fraction of sp³-hybridized carbons (Fsp3) is 0.625. The Bertz CT molecular complexity index is 234. The van der Waals surface area contributed by atoms with Crippen LogP contribution < -0.4 is 5.32 Å². The average Bonchev–Trinajstić information content (AvgIpc) is 2.47. The number of rotatable bonds is 4. The molecule has 0 unspecified atom stereocenters. The summed E-state index contributed by atoms with van der Waals surface area (Å²) >= 11 is 0. The summed E-state index contributed by atoms with van der Waals surface area (Å²) in [5.74, 6) is 0. The smallest absolute Gasteiger partial charge is 0.0627 e. The van der Waals surface area contributed by atoms with Gasteiger partial charge in [-0.15, -0.1) is 0 Å². The number of hydrogen-bond acceptors (Lipinski definition) is 3. The van der Waals surface area contributed by atoms with E-state index in [1.807, 2.05) is 20.2 Å². The van der Waals surface area contributed by atoms with Gasteiger partial charge in [-0.05, 0) is 6.54 Å². The molecule has 0 aliphatic rings. The van der Waals surface area contributed by atoms with Crippen molar-refractivity contribution in [1.29, 1.82) is 0 Å². The zero-order chi connectivity index (χ0) is 8.97. The minimum atomic E-state index is 0.0173. The summed E-state index contributed by atoms with van der Waals surface area (Å²) in [4.78, 5) is 0. The highest BCUT2D eigenvalue weighted by Gasteiger charge is 2.09. The van der Waals surface area contributed by atoms with Crippen LogP contribution in [0.1, 0.15) is 18.5 Å². The molecule has 0 bridgehead atoms. The van der Waals surface area contributed by atoms with Crippen molar-refractivity contribution in [2.75, 3.05) is 13.2 Å². The number of aliphatic hydroxyl groups excluding tert-OH is 1. The summed E-state index contributed by atoms with van der Waals surface area (Å²) in [6, 6.07) is 0.0173. The Hall–Kier alpha value is -0.870. The number of hydrogen-bond donors (Lipinski definition) is 2. The predicted molar refractivity (Wildman–Crippen MR) is 46.7 cm³/mol. The standard InChI is InChI=1S/C8H15N3O/c1-3-9-8(6-12)7-4-10-11(2)5-7/h4-5,8-9,12H,3,6H2,1-2H3/t8-/m0/s1. The summed E-state index contributed by atoms with van der Waals surface area (Å²) in [5.41, 5.74) is 1.03. The van der Waals surface area contributed by atoms with Crippen LogP contribution in [0.3, 0.4) is 0 Å². The normalized spacial score (nSPS) is 13.2. The van der Waals surface area contributed by atoms with Crippen molar-refractivity contribution in [3.8, 4) is 0 Å². The fourth-order valence-electron chi connectivity index (χ4n) is 1.15. The molecule has 2 N–H and O–H groups in total. The lowest BCUT2D eigenvalue weighted by Crippen LogP contribution is -2.23. The van der Waals surface area contributed by atoms with Gasteiger partial charge in [0.2, 0.25) is 0 Å². The lowest BCUT2D eigenvalue weighted by molar-refractivity contribution is 0.246.